The molecule has 1 aliphatic rings. The summed E-state index contributed by atoms with van der Waals surface area (Å²) in [5.41, 5.74) is -6.31. The number of imide groups is 1. The molecule has 0 aromatic heterocycles. The topological polar surface area (TPSA) is 107 Å². The van der Waals surface area contributed by atoms with E-state index in [9.17, 15) is 41.0 Å². The van der Waals surface area contributed by atoms with Gasteiger partial charge in [0.1, 0.15) is 35.1 Å². The fourth-order valence-electron chi connectivity index (χ4n) is 5.55. The van der Waals surface area contributed by atoms with Crippen molar-refractivity contribution in [3.63, 3.8) is 0 Å². The predicted octanol–water partition coefficient (Wildman–Crippen LogP) is 7.17. The fourth-order valence-corrected chi connectivity index (χ4v) is 5.55. The summed E-state index contributed by atoms with van der Waals surface area (Å²) < 4.78 is 102. The van der Waals surface area contributed by atoms with Gasteiger partial charge < -0.3 is 29.4 Å². The number of hydrogen-bond donors (Lipinski definition) is 2. The molecule has 0 radical (unpaired) electrons. The van der Waals surface area contributed by atoms with Gasteiger partial charge in [0.25, 0.3) is 11.5 Å². The Kier molecular flexibility index (Phi) is 11.5. The van der Waals surface area contributed by atoms with Gasteiger partial charge in [0.2, 0.25) is 0 Å². The highest BCUT2D eigenvalue weighted by Crippen LogP contribution is 2.50. The number of amides is 3. The first kappa shape index (κ1) is 38.1. The van der Waals surface area contributed by atoms with Crippen LogP contribution in [0, 0.1) is 0 Å². The minimum absolute atomic E-state index is 0.00376. The molecule has 3 amide bonds. The van der Waals surface area contributed by atoms with E-state index in [1.807, 2.05) is 12.1 Å². The quantitative estimate of drug-likeness (QED) is 0.0978. The Labute approximate surface area is 285 Å². The van der Waals surface area contributed by atoms with Crippen LogP contribution in [0.4, 0.5) is 31.1 Å². The van der Waals surface area contributed by atoms with Crippen molar-refractivity contribution in [2.24, 2.45) is 0 Å². The minimum atomic E-state index is -6.00. The second-order valence-corrected chi connectivity index (χ2v) is 11.9. The Morgan fingerprint density at radius 2 is 1.44 bits per heavy atom. The van der Waals surface area contributed by atoms with Gasteiger partial charge in [0, 0.05) is 18.2 Å². The summed E-state index contributed by atoms with van der Waals surface area (Å²) in [7, 11) is 3.10. The summed E-state index contributed by atoms with van der Waals surface area (Å²) in [5.74, 6) is 1.36. The van der Waals surface area contributed by atoms with Crippen LogP contribution < -0.4 is 24.3 Å². The third kappa shape index (κ3) is 7.87. The van der Waals surface area contributed by atoms with Crippen molar-refractivity contribution in [2.75, 3.05) is 27.4 Å². The third-order valence-electron chi connectivity index (χ3n) is 8.38. The van der Waals surface area contributed by atoms with Crippen molar-refractivity contribution in [3.8, 4) is 23.0 Å². The van der Waals surface area contributed by atoms with Crippen LogP contribution in [-0.4, -0.2) is 61.7 Å². The molecule has 1 fully saturated rings. The standard InChI is InChI=1S/C35H38F6N2O7/c1-5-8-23-19-25(33(46,34(36,37)38)35(39,40)41)11-14-29(23)49-16-7-6-15-43-30(44)32(2,42-31(43)45)24-9-12-26(13-10-24)50-21-22-17-27(47-3)20-28(18-22)48-4/h9-14,17-20,46H,5-8,15-16,21H2,1-4H3,(H,42,45). The van der Waals surface area contributed by atoms with Crippen molar-refractivity contribution in [1.29, 1.82) is 0 Å². The third-order valence-corrected chi connectivity index (χ3v) is 8.38. The molecule has 1 saturated heterocycles. The first-order valence-electron chi connectivity index (χ1n) is 15.7. The molecule has 1 aliphatic heterocycles. The van der Waals surface area contributed by atoms with E-state index >= 15 is 0 Å². The second-order valence-electron chi connectivity index (χ2n) is 11.9. The highest BCUT2D eigenvalue weighted by molar-refractivity contribution is 6.07. The van der Waals surface area contributed by atoms with E-state index in [1.54, 1.807) is 58.4 Å². The summed E-state index contributed by atoms with van der Waals surface area (Å²) in [5, 5.41) is 12.5. The molecule has 3 aromatic rings. The van der Waals surface area contributed by atoms with Crippen molar-refractivity contribution < 1.29 is 60.0 Å². The van der Waals surface area contributed by atoms with Crippen LogP contribution in [0.15, 0.2) is 60.7 Å². The van der Waals surface area contributed by atoms with Gasteiger partial charge in [-0.15, -0.1) is 0 Å². The van der Waals surface area contributed by atoms with Crippen molar-refractivity contribution in [2.45, 2.75) is 69.6 Å². The number of nitrogens with one attached hydrogen (secondary N) is 1. The maximum Gasteiger partial charge on any atom is 0.430 e. The van der Waals surface area contributed by atoms with E-state index in [-0.39, 0.29) is 37.5 Å². The lowest BCUT2D eigenvalue weighted by Gasteiger charge is -2.33. The number of aryl methyl sites for hydroxylation is 1. The number of methoxy groups -OCH3 is 2. The smallest absolute Gasteiger partial charge is 0.430 e. The number of benzene rings is 3. The van der Waals surface area contributed by atoms with E-state index in [1.165, 1.54) is 0 Å². The van der Waals surface area contributed by atoms with Crippen LogP contribution >= 0.6 is 0 Å². The minimum Gasteiger partial charge on any atom is -0.497 e. The molecular weight excluding hydrogens is 674 g/mol. The fraction of sp³-hybridized carbons (Fsp3) is 0.429. The molecule has 272 valence electrons. The van der Waals surface area contributed by atoms with Gasteiger partial charge in [-0.2, -0.15) is 26.3 Å². The summed E-state index contributed by atoms with van der Waals surface area (Å²) >= 11 is 0. The van der Waals surface area contributed by atoms with Crippen LogP contribution in [0.5, 0.6) is 23.0 Å². The van der Waals surface area contributed by atoms with Crippen LogP contribution in [0.1, 0.15) is 55.4 Å². The average molecular weight is 713 g/mol. The molecular formula is C35H38F6N2O7. The van der Waals surface area contributed by atoms with Crippen LogP contribution in [0.3, 0.4) is 0 Å². The Morgan fingerprint density at radius 3 is 2.00 bits per heavy atom. The molecule has 0 aliphatic carbocycles. The number of carbonyl (C=O) groups excluding carboxylic acids is 2. The lowest BCUT2D eigenvalue weighted by atomic mass is 9.90. The molecule has 1 heterocycles. The summed E-state index contributed by atoms with van der Waals surface area (Å²) in [6, 6.07) is 13.7. The number of nitrogens with zero attached hydrogens (tertiary/aromatic N) is 1. The molecule has 15 heteroatoms. The average Bonchev–Trinajstić information content (AvgIpc) is 3.29. The zero-order valence-electron chi connectivity index (χ0n) is 27.8. The van der Waals surface area contributed by atoms with Crippen molar-refractivity contribution in [1.82, 2.24) is 10.2 Å². The van der Waals surface area contributed by atoms with E-state index in [4.69, 9.17) is 18.9 Å². The number of unbranched alkanes of at least 4 members (excludes halogenated alkanes) is 1. The largest absolute Gasteiger partial charge is 0.497 e. The van der Waals surface area contributed by atoms with Gasteiger partial charge in [-0.05, 0) is 79.3 Å². The van der Waals surface area contributed by atoms with Crippen LogP contribution in [0.25, 0.3) is 0 Å². The highest BCUT2D eigenvalue weighted by atomic mass is 19.4. The van der Waals surface area contributed by atoms with Gasteiger partial charge in [-0.25, -0.2) is 4.79 Å². The predicted molar refractivity (Wildman–Crippen MR) is 169 cm³/mol. The maximum absolute atomic E-state index is 13.4. The van der Waals surface area contributed by atoms with E-state index < -0.39 is 41.0 Å². The van der Waals surface area contributed by atoms with E-state index in [0.29, 0.717) is 54.2 Å². The molecule has 0 spiro atoms. The maximum atomic E-state index is 13.4. The monoisotopic (exact) mass is 712 g/mol. The number of alkyl halides is 6. The molecule has 1 atom stereocenters. The second kappa shape index (κ2) is 15.1. The molecule has 1 unspecified atom stereocenters. The van der Waals surface area contributed by atoms with Crippen LogP contribution in [0.2, 0.25) is 0 Å². The Bertz CT molecular complexity index is 1630. The first-order valence-corrected chi connectivity index (χ1v) is 15.7. The number of aliphatic hydroxyl groups is 1. The lowest BCUT2D eigenvalue weighted by Crippen LogP contribution is -2.53. The first-order chi connectivity index (χ1) is 23.5. The summed E-state index contributed by atoms with van der Waals surface area (Å²) in [6.45, 7) is 3.55. The molecule has 50 heavy (non-hydrogen) atoms. The molecule has 3 aromatic carbocycles. The number of rotatable bonds is 15. The number of hydrogen-bond acceptors (Lipinski definition) is 7. The van der Waals surface area contributed by atoms with Crippen molar-refractivity contribution in [3.05, 3.63) is 82.9 Å². The summed E-state index contributed by atoms with van der Waals surface area (Å²) in [6.07, 6.45) is -10.9. The zero-order chi connectivity index (χ0) is 36.9. The van der Waals surface area contributed by atoms with Gasteiger partial charge in [-0.3, -0.25) is 9.69 Å². The number of halogens is 6. The molecule has 0 bridgehead atoms. The van der Waals surface area contributed by atoms with E-state index in [0.717, 1.165) is 16.5 Å². The van der Waals surface area contributed by atoms with Gasteiger partial charge in [0.05, 0.1) is 20.8 Å². The van der Waals surface area contributed by atoms with Gasteiger partial charge >= 0.3 is 18.4 Å². The Morgan fingerprint density at radius 1 is 0.820 bits per heavy atom. The molecule has 2 N–H and O–H groups in total. The zero-order valence-corrected chi connectivity index (χ0v) is 27.8. The Balaban J connectivity index is 1.33. The van der Waals surface area contributed by atoms with Gasteiger partial charge in [-0.1, -0.05) is 31.5 Å². The SMILES string of the molecule is CCCc1cc(C(O)(C(F)(F)F)C(F)(F)F)ccc1OCCCCN1C(=O)NC(C)(c2ccc(OCc3cc(OC)cc(OC)c3)cc2)C1=O. The van der Waals surface area contributed by atoms with E-state index in [2.05, 4.69) is 5.32 Å². The van der Waals surface area contributed by atoms with Crippen molar-refractivity contribution >= 4 is 11.9 Å². The molecule has 9 nitrogen and oxygen atoms in total. The number of carbonyl (C=O) groups is 2. The number of ether oxygens (including phenoxy) is 4. The Hall–Kier alpha value is -4.66. The normalized spacial score (nSPS) is 16.7. The van der Waals surface area contributed by atoms with Crippen LogP contribution in [-0.2, 0) is 29.0 Å². The molecule has 0 saturated carbocycles. The summed E-state index contributed by atoms with van der Waals surface area (Å²) in [4.78, 5) is 27.3. The number of urea groups is 1. The van der Waals surface area contributed by atoms with Gasteiger partial charge in [0.15, 0.2) is 0 Å². The highest BCUT2D eigenvalue weighted by Gasteiger charge is 2.71. The molecule has 4 rings (SSSR count). The lowest BCUT2D eigenvalue weighted by molar-refractivity contribution is -0.376.